The number of carboxylic acid groups (broad SMARTS) is 1. The average molecular weight is 387 g/mol. The van der Waals surface area contributed by atoms with Gasteiger partial charge in [-0.2, -0.15) is 0 Å². The Morgan fingerprint density at radius 2 is 1.78 bits per heavy atom. The van der Waals surface area contributed by atoms with Gasteiger partial charge in [0.1, 0.15) is 5.69 Å². The molecule has 1 heterocycles. The van der Waals surface area contributed by atoms with Crippen LogP contribution in [0.2, 0.25) is 5.02 Å². The molecule has 3 rings (SSSR count). The molecule has 3 N–H and O–H groups in total. The highest BCUT2D eigenvalue weighted by atomic mass is 35.5. The first-order chi connectivity index (χ1) is 13.0. The van der Waals surface area contributed by atoms with Gasteiger partial charge in [-0.1, -0.05) is 41.9 Å². The van der Waals surface area contributed by atoms with Crippen LogP contribution in [0.3, 0.4) is 0 Å². The number of aromatic amines is 1. The minimum Gasteiger partial charge on any atom is -0.481 e. The van der Waals surface area contributed by atoms with E-state index in [2.05, 4.69) is 4.98 Å². The summed E-state index contributed by atoms with van der Waals surface area (Å²) < 4.78 is 0. The van der Waals surface area contributed by atoms with Crippen molar-refractivity contribution >= 4 is 34.4 Å². The molecule has 0 aliphatic rings. The van der Waals surface area contributed by atoms with E-state index in [4.69, 9.17) is 11.6 Å². The van der Waals surface area contributed by atoms with E-state index in [1.807, 2.05) is 18.2 Å². The van der Waals surface area contributed by atoms with Crippen molar-refractivity contribution in [3.63, 3.8) is 0 Å². The van der Waals surface area contributed by atoms with E-state index in [0.29, 0.717) is 21.5 Å². The van der Waals surface area contributed by atoms with Crippen molar-refractivity contribution in [1.29, 1.82) is 0 Å². The number of benzene rings is 2. The molecule has 0 radical (unpaired) electrons. The number of rotatable bonds is 7. The van der Waals surface area contributed by atoms with Crippen LogP contribution in [0.1, 0.15) is 21.6 Å². The standard InChI is InChI=1S/C20H19ClN2O4/c21-14-7-5-13(6-8-14)12-23(9-10-24)20(27)19-16(11-18(25)26)15-3-1-2-4-17(15)22-19/h1-8,22,24H,9-12H2,(H,25,26). The Labute approximate surface area is 161 Å². The lowest BCUT2D eigenvalue weighted by Crippen LogP contribution is -2.34. The molecule has 0 saturated carbocycles. The average Bonchev–Trinajstić information content (AvgIpc) is 3.00. The van der Waals surface area contributed by atoms with Gasteiger partial charge in [0.05, 0.1) is 13.0 Å². The SMILES string of the molecule is O=C(O)Cc1c(C(=O)N(CCO)Cc2ccc(Cl)cc2)[nH]c2ccccc12. The first-order valence-electron chi connectivity index (χ1n) is 8.45. The van der Waals surface area contributed by atoms with E-state index in [-0.39, 0.29) is 37.7 Å². The second kappa shape index (κ2) is 8.24. The number of H-pyrrole nitrogens is 1. The van der Waals surface area contributed by atoms with Crippen LogP contribution in [0, 0.1) is 0 Å². The highest BCUT2D eigenvalue weighted by molar-refractivity contribution is 6.30. The number of carboxylic acids is 1. The summed E-state index contributed by atoms with van der Waals surface area (Å²) in [6.07, 6.45) is -0.265. The molecular weight excluding hydrogens is 368 g/mol. The molecule has 0 aliphatic carbocycles. The lowest BCUT2D eigenvalue weighted by Gasteiger charge is -2.22. The van der Waals surface area contributed by atoms with Gasteiger partial charge in [-0.3, -0.25) is 9.59 Å². The Morgan fingerprint density at radius 3 is 2.44 bits per heavy atom. The van der Waals surface area contributed by atoms with Gasteiger partial charge in [-0.25, -0.2) is 0 Å². The molecular formula is C20H19ClN2O4. The molecule has 6 nitrogen and oxygen atoms in total. The number of halogens is 1. The Kier molecular flexibility index (Phi) is 5.78. The maximum Gasteiger partial charge on any atom is 0.307 e. The third-order valence-corrected chi connectivity index (χ3v) is 4.55. The molecule has 2 aromatic carbocycles. The van der Waals surface area contributed by atoms with E-state index in [9.17, 15) is 19.8 Å². The Morgan fingerprint density at radius 1 is 1.07 bits per heavy atom. The molecule has 0 spiro atoms. The number of carbonyl (C=O) groups is 2. The lowest BCUT2D eigenvalue weighted by molar-refractivity contribution is -0.136. The van der Waals surface area contributed by atoms with Gasteiger partial charge in [-0.15, -0.1) is 0 Å². The number of aliphatic carboxylic acids is 1. The first kappa shape index (κ1) is 18.9. The van der Waals surface area contributed by atoms with Crippen LogP contribution in [-0.4, -0.2) is 45.1 Å². The van der Waals surface area contributed by atoms with E-state index in [0.717, 1.165) is 5.56 Å². The highest BCUT2D eigenvalue weighted by Gasteiger charge is 2.24. The number of aliphatic hydroxyl groups is 1. The maximum absolute atomic E-state index is 13.1. The number of aliphatic hydroxyl groups excluding tert-OH is 1. The van der Waals surface area contributed by atoms with Crippen LogP contribution < -0.4 is 0 Å². The fourth-order valence-electron chi connectivity index (χ4n) is 3.06. The summed E-state index contributed by atoms with van der Waals surface area (Å²) in [6.45, 7) is 0.204. The summed E-state index contributed by atoms with van der Waals surface area (Å²) in [4.78, 5) is 29.0. The number of hydrogen-bond acceptors (Lipinski definition) is 3. The summed E-state index contributed by atoms with van der Waals surface area (Å²) in [7, 11) is 0. The molecule has 0 fully saturated rings. The predicted molar refractivity (Wildman–Crippen MR) is 103 cm³/mol. The predicted octanol–water partition coefficient (Wildman–Crippen LogP) is 3.08. The normalized spacial score (nSPS) is 10.9. The van der Waals surface area contributed by atoms with Crippen LogP contribution >= 0.6 is 11.6 Å². The molecule has 1 aromatic heterocycles. The monoisotopic (exact) mass is 386 g/mol. The molecule has 27 heavy (non-hydrogen) atoms. The van der Waals surface area contributed by atoms with Crippen LogP contribution in [0.4, 0.5) is 0 Å². The fourth-order valence-corrected chi connectivity index (χ4v) is 3.18. The fraction of sp³-hybridized carbons (Fsp3) is 0.200. The number of hydrogen-bond donors (Lipinski definition) is 3. The maximum atomic E-state index is 13.1. The van der Waals surface area contributed by atoms with Crippen molar-refractivity contribution in [2.45, 2.75) is 13.0 Å². The minimum atomic E-state index is -1.01. The Hall–Kier alpha value is -2.83. The summed E-state index contributed by atoms with van der Waals surface area (Å²) in [5.74, 6) is -1.37. The van der Waals surface area contributed by atoms with Crippen LogP contribution in [0.25, 0.3) is 10.9 Å². The van der Waals surface area contributed by atoms with Crippen molar-refractivity contribution in [3.05, 3.63) is 70.4 Å². The first-order valence-corrected chi connectivity index (χ1v) is 8.83. The number of carbonyl (C=O) groups excluding carboxylic acids is 1. The topological polar surface area (TPSA) is 93.6 Å². The van der Waals surface area contributed by atoms with Crippen molar-refractivity contribution < 1.29 is 19.8 Å². The highest BCUT2D eigenvalue weighted by Crippen LogP contribution is 2.25. The molecule has 3 aromatic rings. The zero-order valence-corrected chi connectivity index (χ0v) is 15.2. The third-order valence-electron chi connectivity index (χ3n) is 4.30. The summed E-state index contributed by atoms with van der Waals surface area (Å²) in [5.41, 5.74) is 2.24. The van der Waals surface area contributed by atoms with Crippen molar-refractivity contribution in [3.8, 4) is 0 Å². The number of para-hydroxylation sites is 1. The third kappa shape index (κ3) is 4.30. The van der Waals surface area contributed by atoms with Gasteiger partial charge in [0.2, 0.25) is 0 Å². The van der Waals surface area contributed by atoms with Gasteiger partial charge in [0.15, 0.2) is 0 Å². The second-order valence-electron chi connectivity index (χ2n) is 6.17. The Bertz CT molecular complexity index is 966. The molecule has 0 saturated heterocycles. The molecule has 7 heteroatoms. The zero-order chi connectivity index (χ0) is 19.4. The van der Waals surface area contributed by atoms with Crippen molar-refractivity contribution in [2.24, 2.45) is 0 Å². The van der Waals surface area contributed by atoms with Gasteiger partial charge >= 0.3 is 5.97 Å². The number of fused-ring (bicyclic) bond motifs is 1. The van der Waals surface area contributed by atoms with E-state index >= 15 is 0 Å². The van der Waals surface area contributed by atoms with Gasteiger partial charge in [-0.05, 0) is 23.8 Å². The lowest BCUT2D eigenvalue weighted by atomic mass is 10.1. The summed E-state index contributed by atoms with van der Waals surface area (Å²) in [5, 5.41) is 20.0. The zero-order valence-electron chi connectivity index (χ0n) is 14.5. The van der Waals surface area contributed by atoms with Gasteiger partial charge < -0.3 is 20.1 Å². The number of aromatic nitrogens is 1. The van der Waals surface area contributed by atoms with Crippen LogP contribution in [0.15, 0.2) is 48.5 Å². The number of amides is 1. The van der Waals surface area contributed by atoms with E-state index < -0.39 is 5.97 Å². The largest absolute Gasteiger partial charge is 0.481 e. The molecule has 1 amide bonds. The molecule has 0 aliphatic heterocycles. The van der Waals surface area contributed by atoms with Gasteiger partial charge in [0, 0.05) is 34.6 Å². The van der Waals surface area contributed by atoms with Crippen LogP contribution in [0.5, 0.6) is 0 Å². The number of nitrogens with zero attached hydrogens (tertiary/aromatic N) is 1. The quantitative estimate of drug-likeness (QED) is 0.581. The van der Waals surface area contributed by atoms with Crippen molar-refractivity contribution in [2.75, 3.05) is 13.2 Å². The molecule has 0 bridgehead atoms. The molecule has 140 valence electrons. The smallest absolute Gasteiger partial charge is 0.307 e. The van der Waals surface area contributed by atoms with Crippen molar-refractivity contribution in [1.82, 2.24) is 9.88 Å². The molecule has 0 atom stereocenters. The summed E-state index contributed by atoms with van der Waals surface area (Å²) in [6, 6.07) is 14.3. The summed E-state index contributed by atoms with van der Waals surface area (Å²) >= 11 is 5.90. The van der Waals surface area contributed by atoms with E-state index in [1.54, 1.807) is 30.3 Å². The second-order valence-corrected chi connectivity index (χ2v) is 6.61. The molecule has 0 unspecified atom stereocenters. The van der Waals surface area contributed by atoms with Crippen LogP contribution in [-0.2, 0) is 17.8 Å². The number of nitrogens with one attached hydrogen (secondary N) is 1. The Balaban J connectivity index is 1.97. The van der Waals surface area contributed by atoms with Gasteiger partial charge in [0.25, 0.3) is 5.91 Å². The minimum absolute atomic E-state index is 0.128. The van der Waals surface area contributed by atoms with E-state index in [1.165, 1.54) is 4.90 Å².